The lowest BCUT2D eigenvalue weighted by Crippen LogP contribution is -2.11. The zero-order chi connectivity index (χ0) is 8.97. The van der Waals surface area contributed by atoms with Crippen LogP contribution in [0.25, 0.3) is 0 Å². The van der Waals surface area contributed by atoms with Gasteiger partial charge < -0.3 is 0 Å². The van der Waals surface area contributed by atoms with Crippen molar-refractivity contribution in [2.24, 2.45) is 0 Å². The van der Waals surface area contributed by atoms with Crippen LogP contribution in [0.15, 0.2) is 12.4 Å². The molecule has 0 radical (unpaired) electrons. The topological polar surface area (TPSA) is 72.0 Å². The van der Waals surface area contributed by atoms with Gasteiger partial charge in [0.2, 0.25) is 10.9 Å². The lowest BCUT2D eigenvalue weighted by atomic mass is 10.4. The van der Waals surface area contributed by atoms with Gasteiger partial charge >= 0.3 is 0 Å². The van der Waals surface area contributed by atoms with Crippen LogP contribution in [0.3, 0.4) is 0 Å². The second-order valence-corrected chi connectivity index (χ2v) is 3.07. The average molecular weight is 187 g/mol. The number of rotatable bonds is 3. The number of hydrogen-bond donors (Lipinski definition) is 2. The molecule has 5 nitrogen and oxygen atoms in total. The number of hydrogen-bond acceptors (Lipinski definition) is 4. The first-order valence-electron chi connectivity index (χ1n) is 3.34. The van der Waals surface area contributed by atoms with Crippen LogP contribution in [0.4, 0.5) is 0 Å². The molecule has 0 saturated carbocycles. The molecule has 0 bridgehead atoms. The molecule has 0 aliphatic heterocycles. The summed E-state index contributed by atoms with van der Waals surface area (Å²) in [6.07, 6.45) is 3.13. The number of thiol groups is 1. The van der Waals surface area contributed by atoms with Gasteiger partial charge in [0.15, 0.2) is 0 Å². The molecule has 1 aromatic rings. The normalized spacial score (nSPS) is 10.5. The van der Waals surface area contributed by atoms with Crippen molar-refractivity contribution in [1.29, 1.82) is 0 Å². The fourth-order valence-electron chi connectivity index (χ4n) is 0.656. The van der Waals surface area contributed by atoms with Crippen LogP contribution >= 0.6 is 0 Å². The summed E-state index contributed by atoms with van der Waals surface area (Å²) in [7, 11) is -2.55. The van der Waals surface area contributed by atoms with Crippen molar-refractivity contribution in [3.8, 4) is 0 Å². The van der Waals surface area contributed by atoms with E-state index in [1.807, 2.05) is 6.92 Å². The van der Waals surface area contributed by atoms with E-state index in [9.17, 15) is 8.42 Å². The summed E-state index contributed by atoms with van der Waals surface area (Å²) in [6.45, 7) is 2.02. The number of nitrogens with one attached hydrogen (secondary N) is 1. The van der Waals surface area contributed by atoms with Gasteiger partial charge in [-0.1, -0.05) is 0 Å². The van der Waals surface area contributed by atoms with Crippen molar-refractivity contribution in [2.45, 2.75) is 13.5 Å². The summed E-state index contributed by atoms with van der Waals surface area (Å²) >= 11 is 0. The molecule has 0 unspecified atom stereocenters. The summed E-state index contributed by atoms with van der Waals surface area (Å²) in [4.78, 5) is 7.92. The summed E-state index contributed by atoms with van der Waals surface area (Å²) in [6, 6.07) is 0. The third-order valence-corrected chi connectivity index (χ3v) is 1.64. The maximum absolute atomic E-state index is 10.1. The third kappa shape index (κ3) is 2.93. The van der Waals surface area contributed by atoms with Crippen LogP contribution < -0.4 is 4.72 Å². The molecule has 12 heavy (non-hydrogen) atoms. The predicted octanol–water partition coefficient (Wildman–Crippen LogP) is -0.599. The van der Waals surface area contributed by atoms with E-state index in [-0.39, 0.29) is 6.54 Å². The quantitative estimate of drug-likeness (QED) is 0.620. The highest BCUT2D eigenvalue weighted by Crippen LogP contribution is 1.92. The van der Waals surface area contributed by atoms with Crippen molar-refractivity contribution in [3.63, 3.8) is 0 Å². The first-order valence-corrected chi connectivity index (χ1v) is 4.51. The van der Waals surface area contributed by atoms with Crippen molar-refractivity contribution in [2.75, 3.05) is 0 Å². The van der Waals surface area contributed by atoms with Crippen molar-refractivity contribution >= 4 is 10.9 Å². The van der Waals surface area contributed by atoms with Crippen LogP contribution in [0, 0.1) is 6.92 Å². The zero-order valence-electron chi connectivity index (χ0n) is 6.52. The summed E-state index contributed by atoms with van der Waals surface area (Å²) in [5, 5.41) is 0. The molecule has 0 atom stereocenters. The first-order chi connectivity index (χ1) is 5.68. The van der Waals surface area contributed by atoms with Gasteiger partial charge in [-0.05, 0) is 6.92 Å². The van der Waals surface area contributed by atoms with Gasteiger partial charge in [-0.15, -0.1) is 0 Å². The van der Waals surface area contributed by atoms with Crippen LogP contribution in [-0.2, 0) is 17.4 Å². The molecule has 0 aliphatic carbocycles. The Hall–Kier alpha value is -1.01. The van der Waals surface area contributed by atoms with Gasteiger partial charge in [-0.2, -0.15) is 0 Å². The van der Waals surface area contributed by atoms with Crippen LogP contribution in [0.1, 0.15) is 11.4 Å². The Morgan fingerprint density at radius 2 is 2.17 bits per heavy atom. The fraction of sp³-hybridized carbons (Fsp3) is 0.333. The van der Waals surface area contributed by atoms with E-state index in [2.05, 4.69) is 14.7 Å². The minimum absolute atomic E-state index is 0.200. The van der Waals surface area contributed by atoms with Crippen LogP contribution in [0.5, 0.6) is 0 Å². The average Bonchev–Trinajstić information content (AvgIpc) is 2.03. The lowest BCUT2D eigenvalue weighted by molar-refractivity contribution is 0.600. The highest BCUT2D eigenvalue weighted by molar-refractivity contribution is 7.70. The van der Waals surface area contributed by atoms with Gasteiger partial charge in [-0.3, -0.25) is 9.97 Å². The largest absolute Gasteiger partial charge is 0.258 e. The van der Waals surface area contributed by atoms with Gasteiger partial charge in [-0.25, -0.2) is 13.1 Å². The Kier molecular flexibility index (Phi) is 3.12. The molecule has 0 spiro atoms. The molecule has 66 valence electrons. The molecule has 0 saturated heterocycles. The minimum Gasteiger partial charge on any atom is -0.258 e. The molecule has 0 fully saturated rings. The fourth-order valence-corrected chi connectivity index (χ4v) is 0.947. The number of nitrogens with zero attached hydrogens (tertiary/aromatic N) is 2. The highest BCUT2D eigenvalue weighted by Gasteiger charge is 1.93. The highest BCUT2D eigenvalue weighted by atomic mass is 32.2. The zero-order valence-corrected chi connectivity index (χ0v) is 7.41. The van der Waals surface area contributed by atoms with Gasteiger partial charge in [0, 0.05) is 6.20 Å². The second kappa shape index (κ2) is 4.13. The molecular weight excluding hydrogens is 178 g/mol. The monoisotopic (exact) mass is 187 g/mol. The first kappa shape index (κ1) is 9.08. The van der Waals surface area contributed by atoms with Gasteiger partial charge in [0.05, 0.1) is 24.1 Å². The van der Waals surface area contributed by atoms with Gasteiger partial charge in [0.1, 0.15) is 0 Å². The van der Waals surface area contributed by atoms with E-state index in [0.717, 1.165) is 5.69 Å². The van der Waals surface area contributed by atoms with E-state index < -0.39 is 10.9 Å². The molecule has 0 amide bonds. The second-order valence-electron chi connectivity index (χ2n) is 2.24. The van der Waals surface area contributed by atoms with Crippen LogP contribution in [0.2, 0.25) is 0 Å². The maximum atomic E-state index is 10.1. The van der Waals surface area contributed by atoms with E-state index >= 15 is 0 Å². The van der Waals surface area contributed by atoms with E-state index in [0.29, 0.717) is 5.69 Å². The summed E-state index contributed by atoms with van der Waals surface area (Å²) in [5.41, 5.74) is 1.42. The lowest BCUT2D eigenvalue weighted by Gasteiger charge is -1.96. The molecule has 0 aromatic carbocycles. The van der Waals surface area contributed by atoms with Crippen molar-refractivity contribution < 1.29 is 8.42 Å². The van der Waals surface area contributed by atoms with E-state index in [1.165, 1.54) is 0 Å². The molecule has 1 aromatic heterocycles. The standard InChI is InChI=1S/C6H9N3O2S/c1-5-2-8-6(3-7-5)4-9-12(10)11/h2-3,12H,4H2,1H3,(H,9,10,11). The Bertz CT molecular complexity index is 312. The Labute approximate surface area is 71.9 Å². The van der Waals surface area contributed by atoms with Crippen molar-refractivity contribution in [3.05, 3.63) is 23.8 Å². The number of aromatic nitrogens is 2. The van der Waals surface area contributed by atoms with Gasteiger partial charge in [0.25, 0.3) is 0 Å². The minimum atomic E-state index is -2.55. The van der Waals surface area contributed by atoms with Crippen molar-refractivity contribution in [1.82, 2.24) is 14.7 Å². The predicted molar refractivity (Wildman–Crippen MR) is 43.9 cm³/mol. The Morgan fingerprint density at radius 1 is 1.42 bits per heavy atom. The summed E-state index contributed by atoms with van der Waals surface area (Å²) < 4.78 is 22.5. The number of aryl methyl sites for hydroxylation is 1. The molecular formula is C6H9N3O2S. The Morgan fingerprint density at radius 3 is 2.67 bits per heavy atom. The molecule has 0 aliphatic rings. The molecule has 1 heterocycles. The summed E-state index contributed by atoms with van der Waals surface area (Å²) in [5.74, 6) is 0. The van der Waals surface area contributed by atoms with E-state index in [1.54, 1.807) is 12.4 Å². The molecule has 1 N–H and O–H groups in total. The van der Waals surface area contributed by atoms with Crippen LogP contribution in [-0.4, -0.2) is 18.4 Å². The van der Waals surface area contributed by atoms with E-state index in [4.69, 9.17) is 0 Å². The molecule has 6 heteroatoms. The Balaban J connectivity index is 2.59. The smallest absolute Gasteiger partial charge is 0.201 e. The molecule has 1 rings (SSSR count). The maximum Gasteiger partial charge on any atom is 0.201 e. The SMILES string of the molecule is Cc1cnc(CN[SH](=O)=O)cn1. The third-order valence-electron chi connectivity index (χ3n) is 1.22.